The lowest BCUT2D eigenvalue weighted by atomic mass is 10.1. The Balaban J connectivity index is 2.41. The van der Waals surface area contributed by atoms with Crippen LogP contribution in [0.25, 0.3) is 0 Å². The SMILES string of the molecule is CCNC(C)c1c(OC)cccc1Oc1ccccc1C. The molecular weight excluding hydrogens is 262 g/mol. The van der Waals surface area contributed by atoms with E-state index >= 15 is 0 Å². The molecule has 2 rings (SSSR count). The van der Waals surface area contributed by atoms with Gasteiger partial charge in [0, 0.05) is 6.04 Å². The van der Waals surface area contributed by atoms with Crippen molar-refractivity contribution in [2.45, 2.75) is 26.8 Å². The monoisotopic (exact) mass is 285 g/mol. The van der Waals surface area contributed by atoms with E-state index in [0.29, 0.717) is 0 Å². The molecule has 0 saturated heterocycles. The molecule has 0 amide bonds. The van der Waals surface area contributed by atoms with Crippen molar-refractivity contribution in [2.75, 3.05) is 13.7 Å². The normalized spacial score (nSPS) is 12.0. The van der Waals surface area contributed by atoms with E-state index in [1.807, 2.05) is 49.4 Å². The van der Waals surface area contributed by atoms with Crippen molar-refractivity contribution >= 4 is 0 Å². The number of para-hydroxylation sites is 1. The first-order chi connectivity index (χ1) is 10.2. The van der Waals surface area contributed by atoms with Gasteiger partial charge < -0.3 is 14.8 Å². The molecule has 0 aromatic heterocycles. The number of hydrogen-bond donors (Lipinski definition) is 1. The summed E-state index contributed by atoms with van der Waals surface area (Å²) in [6, 6.07) is 14.1. The number of methoxy groups -OCH3 is 1. The molecule has 3 heteroatoms. The van der Waals surface area contributed by atoms with Crippen LogP contribution in [0.15, 0.2) is 42.5 Å². The minimum Gasteiger partial charge on any atom is -0.496 e. The average Bonchev–Trinajstić information content (AvgIpc) is 2.49. The molecule has 3 nitrogen and oxygen atoms in total. The molecule has 0 bridgehead atoms. The van der Waals surface area contributed by atoms with Gasteiger partial charge in [-0.1, -0.05) is 31.2 Å². The first-order valence-corrected chi connectivity index (χ1v) is 7.31. The fraction of sp³-hybridized carbons (Fsp3) is 0.333. The molecule has 0 saturated carbocycles. The van der Waals surface area contributed by atoms with Crippen molar-refractivity contribution in [2.24, 2.45) is 0 Å². The largest absolute Gasteiger partial charge is 0.496 e. The molecule has 21 heavy (non-hydrogen) atoms. The van der Waals surface area contributed by atoms with Crippen LogP contribution in [-0.4, -0.2) is 13.7 Å². The van der Waals surface area contributed by atoms with Gasteiger partial charge in [-0.05, 0) is 44.2 Å². The van der Waals surface area contributed by atoms with Crippen LogP contribution in [0, 0.1) is 6.92 Å². The molecule has 0 radical (unpaired) electrons. The second-order valence-corrected chi connectivity index (χ2v) is 5.02. The summed E-state index contributed by atoms with van der Waals surface area (Å²) in [6.45, 7) is 7.14. The number of hydrogen-bond acceptors (Lipinski definition) is 3. The highest BCUT2D eigenvalue weighted by Gasteiger charge is 2.17. The van der Waals surface area contributed by atoms with E-state index in [-0.39, 0.29) is 6.04 Å². The Morgan fingerprint density at radius 3 is 2.33 bits per heavy atom. The molecule has 0 heterocycles. The van der Waals surface area contributed by atoms with E-state index in [0.717, 1.165) is 34.9 Å². The molecule has 0 spiro atoms. The second-order valence-electron chi connectivity index (χ2n) is 5.02. The van der Waals surface area contributed by atoms with E-state index < -0.39 is 0 Å². The summed E-state index contributed by atoms with van der Waals surface area (Å²) in [5, 5.41) is 3.42. The smallest absolute Gasteiger partial charge is 0.135 e. The molecule has 1 atom stereocenters. The van der Waals surface area contributed by atoms with Gasteiger partial charge in [-0.3, -0.25) is 0 Å². The minimum absolute atomic E-state index is 0.158. The molecule has 0 aliphatic carbocycles. The van der Waals surface area contributed by atoms with Crippen molar-refractivity contribution in [1.82, 2.24) is 5.32 Å². The third kappa shape index (κ3) is 3.56. The van der Waals surface area contributed by atoms with Gasteiger partial charge in [-0.2, -0.15) is 0 Å². The molecule has 112 valence electrons. The lowest BCUT2D eigenvalue weighted by molar-refractivity contribution is 0.391. The van der Waals surface area contributed by atoms with Crippen LogP contribution in [-0.2, 0) is 0 Å². The maximum atomic E-state index is 6.13. The van der Waals surface area contributed by atoms with Crippen molar-refractivity contribution in [3.63, 3.8) is 0 Å². The summed E-state index contributed by atoms with van der Waals surface area (Å²) >= 11 is 0. The zero-order chi connectivity index (χ0) is 15.2. The predicted octanol–water partition coefficient (Wildman–Crippen LogP) is 4.47. The molecule has 0 fully saturated rings. The highest BCUT2D eigenvalue weighted by atomic mass is 16.5. The van der Waals surface area contributed by atoms with E-state index in [1.54, 1.807) is 7.11 Å². The first-order valence-electron chi connectivity index (χ1n) is 7.31. The topological polar surface area (TPSA) is 30.5 Å². The summed E-state index contributed by atoms with van der Waals surface area (Å²) in [7, 11) is 1.69. The Bertz CT molecular complexity index is 596. The van der Waals surface area contributed by atoms with E-state index in [1.165, 1.54) is 0 Å². The van der Waals surface area contributed by atoms with Crippen LogP contribution >= 0.6 is 0 Å². The fourth-order valence-electron chi connectivity index (χ4n) is 2.42. The predicted molar refractivity (Wildman–Crippen MR) is 86.3 cm³/mol. The number of benzene rings is 2. The van der Waals surface area contributed by atoms with Crippen molar-refractivity contribution in [3.05, 3.63) is 53.6 Å². The van der Waals surface area contributed by atoms with E-state index in [4.69, 9.17) is 9.47 Å². The molecular formula is C18H23NO2. The third-order valence-corrected chi connectivity index (χ3v) is 3.50. The summed E-state index contributed by atoms with van der Waals surface area (Å²) in [6.07, 6.45) is 0. The van der Waals surface area contributed by atoms with Gasteiger partial charge in [-0.15, -0.1) is 0 Å². The highest BCUT2D eigenvalue weighted by Crippen LogP contribution is 2.37. The van der Waals surface area contributed by atoms with Crippen molar-refractivity contribution in [3.8, 4) is 17.2 Å². The van der Waals surface area contributed by atoms with Crippen molar-refractivity contribution in [1.29, 1.82) is 0 Å². The number of aryl methyl sites for hydroxylation is 1. The molecule has 0 aliphatic heterocycles. The average molecular weight is 285 g/mol. The lowest BCUT2D eigenvalue weighted by Gasteiger charge is -2.20. The summed E-state index contributed by atoms with van der Waals surface area (Å²) in [5.41, 5.74) is 2.16. The Kier molecular flexibility index (Phi) is 5.23. The van der Waals surface area contributed by atoms with Crippen LogP contribution < -0.4 is 14.8 Å². The van der Waals surface area contributed by atoms with Crippen LogP contribution in [0.1, 0.15) is 31.0 Å². The Morgan fingerprint density at radius 1 is 1.00 bits per heavy atom. The van der Waals surface area contributed by atoms with Gasteiger partial charge >= 0.3 is 0 Å². The van der Waals surface area contributed by atoms with Gasteiger partial charge in [0.25, 0.3) is 0 Å². The first kappa shape index (κ1) is 15.4. The molecule has 1 N–H and O–H groups in total. The molecule has 2 aromatic rings. The zero-order valence-electron chi connectivity index (χ0n) is 13.1. The lowest BCUT2D eigenvalue weighted by Crippen LogP contribution is -2.19. The van der Waals surface area contributed by atoms with Crippen molar-refractivity contribution < 1.29 is 9.47 Å². The summed E-state index contributed by atoms with van der Waals surface area (Å²) < 4.78 is 11.6. The zero-order valence-corrected chi connectivity index (χ0v) is 13.1. The van der Waals surface area contributed by atoms with E-state index in [2.05, 4.69) is 19.2 Å². The molecule has 2 aromatic carbocycles. The number of ether oxygens (including phenoxy) is 2. The van der Waals surface area contributed by atoms with Gasteiger partial charge in [0.1, 0.15) is 17.2 Å². The Hall–Kier alpha value is -2.00. The second kappa shape index (κ2) is 7.14. The highest BCUT2D eigenvalue weighted by molar-refractivity contribution is 5.49. The Labute approximate surface area is 126 Å². The van der Waals surface area contributed by atoms with Crippen LogP contribution in [0.2, 0.25) is 0 Å². The number of rotatable bonds is 6. The third-order valence-electron chi connectivity index (χ3n) is 3.50. The maximum absolute atomic E-state index is 6.13. The molecule has 1 unspecified atom stereocenters. The number of nitrogens with one attached hydrogen (secondary N) is 1. The van der Waals surface area contributed by atoms with Gasteiger partial charge in [0.05, 0.1) is 12.7 Å². The van der Waals surface area contributed by atoms with Crippen LogP contribution in [0.3, 0.4) is 0 Å². The standard InChI is InChI=1S/C18H23NO2/c1-5-19-14(3)18-16(20-4)11-8-12-17(18)21-15-10-7-6-9-13(15)2/h6-12,14,19H,5H2,1-4H3. The van der Waals surface area contributed by atoms with Crippen LogP contribution in [0.4, 0.5) is 0 Å². The van der Waals surface area contributed by atoms with Crippen LogP contribution in [0.5, 0.6) is 17.2 Å². The van der Waals surface area contributed by atoms with Gasteiger partial charge in [0.2, 0.25) is 0 Å². The Morgan fingerprint density at radius 2 is 1.67 bits per heavy atom. The fourth-order valence-corrected chi connectivity index (χ4v) is 2.42. The minimum atomic E-state index is 0.158. The van der Waals surface area contributed by atoms with Gasteiger partial charge in [-0.25, -0.2) is 0 Å². The summed E-state index contributed by atoms with van der Waals surface area (Å²) in [4.78, 5) is 0. The molecule has 0 aliphatic rings. The van der Waals surface area contributed by atoms with Gasteiger partial charge in [0.15, 0.2) is 0 Å². The summed E-state index contributed by atoms with van der Waals surface area (Å²) in [5.74, 6) is 2.54. The maximum Gasteiger partial charge on any atom is 0.135 e. The quantitative estimate of drug-likeness (QED) is 0.849. The van der Waals surface area contributed by atoms with E-state index in [9.17, 15) is 0 Å².